The number of primary amides is 1. The van der Waals surface area contributed by atoms with Crippen molar-refractivity contribution in [3.63, 3.8) is 0 Å². The fourth-order valence-electron chi connectivity index (χ4n) is 3.27. The van der Waals surface area contributed by atoms with Gasteiger partial charge in [0.1, 0.15) is 17.2 Å². The molecule has 124 valence electrons. The lowest BCUT2D eigenvalue weighted by molar-refractivity contribution is -0.167. The number of hydrogen-bond donors (Lipinski definition) is 1. The van der Waals surface area contributed by atoms with Gasteiger partial charge in [-0.3, -0.25) is 14.5 Å². The first-order valence-corrected chi connectivity index (χ1v) is 7.73. The quantitative estimate of drug-likeness (QED) is 0.782. The van der Waals surface area contributed by atoms with E-state index in [2.05, 4.69) is 0 Å². The Kier molecular flexibility index (Phi) is 4.10. The molecule has 0 aromatic carbocycles. The van der Waals surface area contributed by atoms with Gasteiger partial charge in [-0.1, -0.05) is 6.92 Å². The number of hydrogen-bond acceptors (Lipinski definition) is 4. The minimum atomic E-state index is -0.842. The molecule has 1 unspecified atom stereocenters. The maximum absolute atomic E-state index is 12.6. The summed E-state index contributed by atoms with van der Waals surface area (Å²) in [6, 6.07) is -0.598. The standard InChI is InChI=1S/C15H25N3O4/c1-5-10(11(16)19)17-9-15(12(17)20)7-6-8-18(15)13(21)22-14(2,3)4/h10H,5-9H2,1-4H3,(H2,16,19)/t10-,15?/m0/s1. The molecule has 2 saturated heterocycles. The lowest BCUT2D eigenvalue weighted by Crippen LogP contribution is -2.75. The Morgan fingerprint density at radius 3 is 2.50 bits per heavy atom. The lowest BCUT2D eigenvalue weighted by Gasteiger charge is -2.52. The van der Waals surface area contributed by atoms with Crippen LogP contribution >= 0.6 is 0 Å². The Hall–Kier alpha value is -1.79. The number of rotatable bonds is 3. The summed E-state index contributed by atoms with van der Waals surface area (Å²) in [5, 5.41) is 0. The molecule has 0 saturated carbocycles. The number of nitrogens with two attached hydrogens (primary N) is 1. The monoisotopic (exact) mass is 311 g/mol. The Bertz CT molecular complexity index is 500. The van der Waals surface area contributed by atoms with Gasteiger partial charge >= 0.3 is 6.09 Å². The second-order valence-electron chi connectivity index (χ2n) is 7.03. The van der Waals surface area contributed by atoms with Crippen molar-refractivity contribution in [2.75, 3.05) is 13.1 Å². The highest BCUT2D eigenvalue weighted by molar-refractivity contribution is 5.99. The van der Waals surface area contributed by atoms with Crippen LogP contribution in [-0.2, 0) is 14.3 Å². The van der Waals surface area contributed by atoms with E-state index in [0.29, 0.717) is 25.9 Å². The maximum atomic E-state index is 12.6. The second kappa shape index (κ2) is 5.44. The van der Waals surface area contributed by atoms with Gasteiger partial charge in [-0.05, 0) is 40.0 Å². The number of carbonyl (C=O) groups excluding carboxylic acids is 3. The molecule has 2 rings (SSSR count). The number of likely N-dealkylation sites (tertiary alicyclic amines) is 2. The average Bonchev–Trinajstić information content (AvgIpc) is 2.83. The third-order valence-corrected chi connectivity index (χ3v) is 4.28. The summed E-state index contributed by atoms with van der Waals surface area (Å²) < 4.78 is 5.40. The summed E-state index contributed by atoms with van der Waals surface area (Å²) in [5.41, 5.74) is 3.90. The van der Waals surface area contributed by atoms with E-state index in [4.69, 9.17) is 10.5 Å². The number of β-lactam (4-membered cyclic amide) rings is 1. The van der Waals surface area contributed by atoms with Crippen molar-refractivity contribution >= 4 is 17.9 Å². The topological polar surface area (TPSA) is 92.9 Å². The van der Waals surface area contributed by atoms with Crippen LogP contribution in [0.15, 0.2) is 0 Å². The first-order valence-electron chi connectivity index (χ1n) is 7.73. The van der Waals surface area contributed by atoms with Crippen LogP contribution in [0.5, 0.6) is 0 Å². The SMILES string of the molecule is CC[C@@H](C(N)=O)N1CC2(CCCN2C(=O)OC(C)(C)C)C1=O. The molecule has 3 amide bonds. The number of ether oxygens (including phenoxy) is 1. The summed E-state index contributed by atoms with van der Waals surface area (Å²) in [6.07, 6.45) is 1.37. The fourth-order valence-corrected chi connectivity index (χ4v) is 3.27. The van der Waals surface area contributed by atoms with Crippen molar-refractivity contribution in [1.29, 1.82) is 0 Å². The third kappa shape index (κ3) is 2.64. The highest BCUT2D eigenvalue weighted by atomic mass is 16.6. The van der Waals surface area contributed by atoms with Crippen LogP contribution in [0.2, 0.25) is 0 Å². The lowest BCUT2D eigenvalue weighted by atomic mass is 9.84. The zero-order chi connectivity index (χ0) is 16.7. The van der Waals surface area contributed by atoms with Crippen molar-refractivity contribution < 1.29 is 19.1 Å². The Morgan fingerprint density at radius 2 is 2.05 bits per heavy atom. The van der Waals surface area contributed by atoms with E-state index in [0.717, 1.165) is 6.42 Å². The van der Waals surface area contributed by atoms with Gasteiger partial charge in [-0.2, -0.15) is 0 Å². The fraction of sp³-hybridized carbons (Fsp3) is 0.800. The molecule has 2 fully saturated rings. The van der Waals surface area contributed by atoms with E-state index >= 15 is 0 Å². The van der Waals surface area contributed by atoms with Crippen LogP contribution in [-0.4, -0.2) is 58.0 Å². The van der Waals surface area contributed by atoms with Crippen molar-refractivity contribution in [3.05, 3.63) is 0 Å². The Morgan fingerprint density at radius 1 is 1.41 bits per heavy atom. The molecule has 1 spiro atoms. The maximum Gasteiger partial charge on any atom is 0.411 e. The van der Waals surface area contributed by atoms with Gasteiger partial charge in [0.25, 0.3) is 5.91 Å². The number of carbonyl (C=O) groups is 3. The van der Waals surface area contributed by atoms with Crippen molar-refractivity contribution in [1.82, 2.24) is 9.80 Å². The molecule has 0 bridgehead atoms. The van der Waals surface area contributed by atoms with Gasteiger partial charge in [0.15, 0.2) is 0 Å². The van der Waals surface area contributed by atoms with Gasteiger partial charge in [-0.25, -0.2) is 4.79 Å². The predicted molar refractivity (Wildman–Crippen MR) is 79.9 cm³/mol. The molecule has 0 aromatic rings. The third-order valence-electron chi connectivity index (χ3n) is 4.28. The van der Waals surface area contributed by atoms with Gasteiger partial charge < -0.3 is 15.4 Å². The van der Waals surface area contributed by atoms with Gasteiger partial charge in [0.05, 0.1) is 6.54 Å². The second-order valence-corrected chi connectivity index (χ2v) is 7.03. The van der Waals surface area contributed by atoms with Crippen molar-refractivity contribution in [3.8, 4) is 0 Å². The Labute approximate surface area is 130 Å². The average molecular weight is 311 g/mol. The molecular weight excluding hydrogens is 286 g/mol. The minimum Gasteiger partial charge on any atom is -0.444 e. The minimum absolute atomic E-state index is 0.193. The normalized spacial score (nSPS) is 26.1. The van der Waals surface area contributed by atoms with Gasteiger partial charge in [0.2, 0.25) is 5.91 Å². The number of nitrogens with zero attached hydrogens (tertiary/aromatic N) is 2. The first-order chi connectivity index (χ1) is 10.1. The molecule has 0 aromatic heterocycles. The van der Waals surface area contributed by atoms with E-state index in [9.17, 15) is 14.4 Å². The van der Waals surface area contributed by atoms with E-state index < -0.39 is 29.2 Å². The van der Waals surface area contributed by atoms with Crippen LogP contribution in [0.3, 0.4) is 0 Å². The van der Waals surface area contributed by atoms with Crippen molar-refractivity contribution in [2.45, 2.75) is 64.1 Å². The summed E-state index contributed by atoms with van der Waals surface area (Å²) >= 11 is 0. The van der Waals surface area contributed by atoms with E-state index in [1.54, 1.807) is 20.8 Å². The molecule has 2 aliphatic heterocycles. The van der Waals surface area contributed by atoms with Crippen LogP contribution in [0, 0.1) is 0 Å². The summed E-state index contributed by atoms with van der Waals surface area (Å²) in [4.78, 5) is 39.4. The van der Waals surface area contributed by atoms with E-state index in [1.807, 2.05) is 6.92 Å². The number of amides is 3. The summed E-state index contributed by atoms with van der Waals surface area (Å²) in [6.45, 7) is 8.05. The van der Waals surface area contributed by atoms with Gasteiger partial charge in [-0.15, -0.1) is 0 Å². The largest absolute Gasteiger partial charge is 0.444 e. The van der Waals surface area contributed by atoms with E-state index in [-0.39, 0.29) is 5.91 Å². The smallest absolute Gasteiger partial charge is 0.411 e. The molecule has 0 aliphatic carbocycles. The zero-order valence-electron chi connectivity index (χ0n) is 13.7. The highest BCUT2D eigenvalue weighted by Crippen LogP contribution is 2.41. The zero-order valence-corrected chi connectivity index (χ0v) is 13.7. The summed E-state index contributed by atoms with van der Waals surface area (Å²) in [7, 11) is 0. The predicted octanol–water partition coefficient (Wildman–Crippen LogP) is 0.862. The summed E-state index contributed by atoms with van der Waals surface area (Å²) in [5.74, 6) is -0.700. The molecule has 2 atom stereocenters. The molecule has 7 heteroatoms. The molecule has 2 N–H and O–H groups in total. The van der Waals surface area contributed by atoms with Crippen LogP contribution in [0.1, 0.15) is 47.0 Å². The molecule has 2 aliphatic rings. The molecule has 0 radical (unpaired) electrons. The van der Waals surface area contributed by atoms with Crippen LogP contribution in [0.25, 0.3) is 0 Å². The van der Waals surface area contributed by atoms with E-state index in [1.165, 1.54) is 9.80 Å². The van der Waals surface area contributed by atoms with Gasteiger partial charge in [0, 0.05) is 6.54 Å². The van der Waals surface area contributed by atoms with Crippen molar-refractivity contribution in [2.24, 2.45) is 5.73 Å². The van der Waals surface area contributed by atoms with Crippen LogP contribution in [0.4, 0.5) is 4.79 Å². The Balaban J connectivity index is 2.13. The molecular formula is C15H25N3O4. The van der Waals surface area contributed by atoms with Crippen LogP contribution < -0.4 is 5.73 Å². The first kappa shape index (κ1) is 16.6. The highest BCUT2D eigenvalue weighted by Gasteiger charge is 2.62. The molecule has 22 heavy (non-hydrogen) atoms. The molecule has 7 nitrogen and oxygen atoms in total. The molecule has 2 heterocycles.